The minimum absolute atomic E-state index is 0.211. The van der Waals surface area contributed by atoms with Crippen molar-refractivity contribution in [2.24, 2.45) is 0 Å². The molecule has 1 rings (SSSR count). The average molecular weight is 195 g/mol. The highest BCUT2D eigenvalue weighted by Gasteiger charge is 2.07. The van der Waals surface area contributed by atoms with Crippen molar-refractivity contribution in [2.75, 3.05) is 12.4 Å². The molecular weight excluding hydrogens is 188 g/mol. The second-order valence-corrected chi connectivity index (χ2v) is 2.66. The van der Waals surface area contributed by atoms with Crippen LogP contribution in [0.15, 0.2) is 6.07 Å². The number of pyridine rings is 1. The Kier molecular flexibility index (Phi) is 2.83. The summed E-state index contributed by atoms with van der Waals surface area (Å²) in [4.78, 5) is 3.89. The first-order valence-corrected chi connectivity index (χ1v) is 3.89. The number of anilines is 1. The first kappa shape index (κ1) is 9.49. The molecule has 0 amide bonds. The third kappa shape index (κ3) is 1.76. The SMILES string of the molecule is CNc1c(Cl)cc(C#N)nc1C=N. The van der Waals surface area contributed by atoms with Crippen LogP contribution in [0.1, 0.15) is 11.4 Å². The Hall–Kier alpha value is -1.60. The summed E-state index contributed by atoms with van der Waals surface area (Å²) in [6.45, 7) is 0. The summed E-state index contributed by atoms with van der Waals surface area (Å²) in [6, 6.07) is 3.33. The second-order valence-electron chi connectivity index (χ2n) is 2.26. The van der Waals surface area contributed by atoms with E-state index >= 15 is 0 Å². The molecule has 5 heteroatoms. The Balaban J connectivity index is 3.39. The van der Waals surface area contributed by atoms with Crippen molar-refractivity contribution in [3.63, 3.8) is 0 Å². The van der Waals surface area contributed by atoms with Crippen molar-refractivity contribution in [2.45, 2.75) is 0 Å². The number of nitrogens with zero attached hydrogens (tertiary/aromatic N) is 2. The highest BCUT2D eigenvalue weighted by Crippen LogP contribution is 2.23. The van der Waals surface area contributed by atoms with Crippen LogP contribution in [-0.2, 0) is 0 Å². The molecule has 0 aliphatic rings. The maximum atomic E-state index is 8.58. The van der Waals surface area contributed by atoms with Gasteiger partial charge in [0.05, 0.1) is 10.7 Å². The van der Waals surface area contributed by atoms with Gasteiger partial charge in [-0.05, 0) is 6.07 Å². The molecule has 0 fully saturated rings. The summed E-state index contributed by atoms with van der Waals surface area (Å²) in [5.74, 6) is 0. The number of nitriles is 1. The standard InChI is InChI=1S/C8H7ClN4/c1-12-8-6(9)2-5(3-10)13-7(8)4-11/h2,4,11-12H,1H3. The van der Waals surface area contributed by atoms with Gasteiger partial charge in [0.1, 0.15) is 17.5 Å². The second kappa shape index (κ2) is 3.87. The van der Waals surface area contributed by atoms with Crippen LogP contribution in [-0.4, -0.2) is 18.2 Å². The van der Waals surface area contributed by atoms with Crippen molar-refractivity contribution in [3.05, 3.63) is 22.5 Å². The van der Waals surface area contributed by atoms with Crippen LogP contribution < -0.4 is 5.32 Å². The molecule has 1 aromatic rings. The maximum Gasteiger partial charge on any atom is 0.142 e. The van der Waals surface area contributed by atoms with Gasteiger partial charge >= 0.3 is 0 Å². The van der Waals surface area contributed by atoms with Crippen molar-refractivity contribution in [1.82, 2.24) is 4.98 Å². The van der Waals surface area contributed by atoms with Crippen LogP contribution in [0.3, 0.4) is 0 Å². The van der Waals surface area contributed by atoms with Crippen LogP contribution >= 0.6 is 11.6 Å². The molecule has 0 aliphatic heterocycles. The first-order chi connectivity index (χ1) is 6.22. The third-order valence-corrected chi connectivity index (χ3v) is 1.80. The molecular formula is C8H7ClN4. The fourth-order valence-electron chi connectivity index (χ4n) is 0.942. The van der Waals surface area contributed by atoms with Crippen molar-refractivity contribution >= 4 is 23.5 Å². The Morgan fingerprint density at radius 1 is 1.77 bits per heavy atom. The van der Waals surface area contributed by atoms with E-state index in [1.165, 1.54) is 6.07 Å². The summed E-state index contributed by atoms with van der Waals surface area (Å²) >= 11 is 5.84. The number of aromatic nitrogens is 1. The van der Waals surface area contributed by atoms with E-state index in [0.29, 0.717) is 16.4 Å². The Labute approximate surface area is 80.7 Å². The lowest BCUT2D eigenvalue weighted by Crippen LogP contribution is -2.00. The molecule has 0 saturated carbocycles. The number of hydrogen-bond donors (Lipinski definition) is 2. The van der Waals surface area contributed by atoms with E-state index in [9.17, 15) is 0 Å². The number of rotatable bonds is 2. The van der Waals surface area contributed by atoms with Gasteiger partial charge in [-0.2, -0.15) is 5.26 Å². The Morgan fingerprint density at radius 2 is 2.46 bits per heavy atom. The molecule has 0 unspecified atom stereocenters. The number of halogens is 1. The molecule has 0 spiro atoms. The molecule has 0 bridgehead atoms. The van der Waals surface area contributed by atoms with Gasteiger partial charge in [0.2, 0.25) is 0 Å². The van der Waals surface area contributed by atoms with Crippen molar-refractivity contribution in [1.29, 1.82) is 10.7 Å². The Bertz CT molecular complexity index is 380. The lowest BCUT2D eigenvalue weighted by molar-refractivity contribution is 1.23. The normalized spacial score (nSPS) is 9.00. The molecule has 2 N–H and O–H groups in total. The predicted octanol–water partition coefficient (Wildman–Crippen LogP) is 1.65. The fraction of sp³-hybridized carbons (Fsp3) is 0.125. The van der Waals surface area contributed by atoms with E-state index in [4.69, 9.17) is 22.3 Å². The summed E-state index contributed by atoms with van der Waals surface area (Å²) in [7, 11) is 1.68. The highest BCUT2D eigenvalue weighted by molar-refractivity contribution is 6.33. The van der Waals surface area contributed by atoms with E-state index in [1.807, 2.05) is 6.07 Å². The van der Waals surface area contributed by atoms with E-state index in [0.717, 1.165) is 6.21 Å². The molecule has 4 nitrogen and oxygen atoms in total. The van der Waals surface area contributed by atoms with Crippen LogP contribution in [0.5, 0.6) is 0 Å². The smallest absolute Gasteiger partial charge is 0.142 e. The molecule has 1 heterocycles. The van der Waals surface area contributed by atoms with Crippen LogP contribution in [0, 0.1) is 16.7 Å². The minimum Gasteiger partial charge on any atom is -0.385 e. The zero-order valence-electron chi connectivity index (χ0n) is 6.93. The van der Waals surface area contributed by atoms with Crippen LogP contribution in [0.25, 0.3) is 0 Å². The van der Waals surface area contributed by atoms with E-state index < -0.39 is 0 Å². The van der Waals surface area contributed by atoms with Gasteiger partial charge in [-0.3, -0.25) is 0 Å². The van der Waals surface area contributed by atoms with Gasteiger partial charge in [0, 0.05) is 13.3 Å². The third-order valence-electron chi connectivity index (χ3n) is 1.50. The molecule has 0 aromatic carbocycles. The molecule has 0 saturated heterocycles. The number of nitrogens with one attached hydrogen (secondary N) is 2. The molecule has 0 atom stereocenters. The van der Waals surface area contributed by atoms with Gasteiger partial charge in [-0.25, -0.2) is 4.98 Å². The van der Waals surface area contributed by atoms with Gasteiger partial charge in [0.25, 0.3) is 0 Å². The maximum absolute atomic E-state index is 8.58. The van der Waals surface area contributed by atoms with Crippen molar-refractivity contribution < 1.29 is 0 Å². The molecule has 66 valence electrons. The molecule has 1 aromatic heterocycles. The zero-order chi connectivity index (χ0) is 9.84. The largest absolute Gasteiger partial charge is 0.385 e. The summed E-state index contributed by atoms with van der Waals surface area (Å²) < 4.78 is 0. The molecule has 0 aliphatic carbocycles. The zero-order valence-corrected chi connectivity index (χ0v) is 7.68. The lowest BCUT2D eigenvalue weighted by atomic mass is 10.2. The van der Waals surface area contributed by atoms with Gasteiger partial charge in [-0.15, -0.1) is 0 Å². The highest BCUT2D eigenvalue weighted by atomic mass is 35.5. The Morgan fingerprint density at radius 3 is 2.92 bits per heavy atom. The van der Waals surface area contributed by atoms with Gasteiger partial charge in [-0.1, -0.05) is 11.6 Å². The van der Waals surface area contributed by atoms with E-state index in [2.05, 4.69) is 10.3 Å². The van der Waals surface area contributed by atoms with E-state index in [-0.39, 0.29) is 5.69 Å². The topological polar surface area (TPSA) is 72.6 Å². The van der Waals surface area contributed by atoms with Crippen molar-refractivity contribution in [3.8, 4) is 6.07 Å². The quantitative estimate of drug-likeness (QED) is 0.703. The molecule has 0 radical (unpaired) electrons. The monoisotopic (exact) mass is 194 g/mol. The summed E-state index contributed by atoms with van der Waals surface area (Å²) in [6.07, 6.45) is 1.05. The fourth-order valence-corrected chi connectivity index (χ4v) is 1.24. The summed E-state index contributed by atoms with van der Waals surface area (Å²) in [5.41, 5.74) is 1.14. The van der Waals surface area contributed by atoms with Gasteiger partial charge in [0.15, 0.2) is 0 Å². The predicted molar refractivity (Wildman–Crippen MR) is 51.4 cm³/mol. The minimum atomic E-state index is 0.211. The van der Waals surface area contributed by atoms with E-state index in [1.54, 1.807) is 7.05 Å². The molecule has 13 heavy (non-hydrogen) atoms. The first-order valence-electron chi connectivity index (χ1n) is 3.51. The average Bonchev–Trinajstić information content (AvgIpc) is 2.16. The number of hydrogen-bond acceptors (Lipinski definition) is 4. The van der Waals surface area contributed by atoms with Gasteiger partial charge < -0.3 is 10.7 Å². The lowest BCUT2D eigenvalue weighted by Gasteiger charge is -2.05. The van der Waals surface area contributed by atoms with Crippen LogP contribution in [0.4, 0.5) is 5.69 Å². The summed E-state index contributed by atoms with van der Waals surface area (Å²) in [5, 5.41) is 18.8. The van der Waals surface area contributed by atoms with Crippen LogP contribution in [0.2, 0.25) is 5.02 Å².